The highest BCUT2D eigenvalue weighted by atomic mass is 32.2. The van der Waals surface area contributed by atoms with Crippen molar-refractivity contribution in [1.82, 2.24) is 26.3 Å². The number of amides is 3. The second-order valence-electron chi connectivity index (χ2n) is 9.60. The van der Waals surface area contributed by atoms with E-state index in [1.807, 2.05) is 48.2 Å². The quantitative estimate of drug-likeness (QED) is 0.526. The van der Waals surface area contributed by atoms with Crippen LogP contribution in [0.4, 0.5) is 10.5 Å². The van der Waals surface area contributed by atoms with Gasteiger partial charge in [0.05, 0.1) is 27.7 Å². The molecule has 2 aromatic rings. The summed E-state index contributed by atoms with van der Waals surface area (Å²) in [7, 11) is 0. The van der Waals surface area contributed by atoms with Gasteiger partial charge in [-0.05, 0) is 50.9 Å². The van der Waals surface area contributed by atoms with Gasteiger partial charge in [-0.2, -0.15) is 0 Å². The Morgan fingerprint density at radius 2 is 2.03 bits per heavy atom. The summed E-state index contributed by atoms with van der Waals surface area (Å²) >= 11 is 1.55. The van der Waals surface area contributed by atoms with Gasteiger partial charge in [0, 0.05) is 36.0 Å². The molecule has 9 heteroatoms. The maximum atomic E-state index is 13.6. The Kier molecular flexibility index (Phi) is 5.99. The van der Waals surface area contributed by atoms with Gasteiger partial charge in [-0.25, -0.2) is 4.79 Å². The summed E-state index contributed by atoms with van der Waals surface area (Å²) in [6.07, 6.45) is 4.64. The lowest BCUT2D eigenvalue weighted by atomic mass is 9.86. The first-order chi connectivity index (χ1) is 17.1. The molecule has 3 fully saturated rings. The predicted molar refractivity (Wildman–Crippen MR) is 138 cm³/mol. The van der Waals surface area contributed by atoms with Crippen LogP contribution in [0.15, 0.2) is 53.2 Å². The molecule has 4 atom stereocenters. The predicted octanol–water partition coefficient (Wildman–Crippen LogP) is 2.72. The molecule has 4 N–H and O–H groups in total. The molecule has 5 heterocycles. The minimum absolute atomic E-state index is 0.0242. The van der Waals surface area contributed by atoms with E-state index >= 15 is 0 Å². The molecule has 35 heavy (non-hydrogen) atoms. The van der Waals surface area contributed by atoms with Crippen molar-refractivity contribution in [2.45, 2.75) is 43.6 Å². The first kappa shape index (κ1) is 22.6. The van der Waals surface area contributed by atoms with Gasteiger partial charge < -0.3 is 21.3 Å². The summed E-state index contributed by atoms with van der Waals surface area (Å²) in [6.45, 7) is 4.62. The van der Waals surface area contributed by atoms with Crippen LogP contribution in [0.2, 0.25) is 0 Å². The van der Waals surface area contributed by atoms with Crippen LogP contribution < -0.4 is 26.2 Å². The lowest BCUT2D eigenvalue weighted by molar-refractivity contribution is -0.117. The molecule has 0 spiro atoms. The van der Waals surface area contributed by atoms with Gasteiger partial charge in [-0.3, -0.25) is 14.7 Å². The number of rotatable bonds is 4. The van der Waals surface area contributed by atoms with Crippen LogP contribution in [-0.2, 0) is 4.79 Å². The first-order valence-electron chi connectivity index (χ1n) is 12.4. The van der Waals surface area contributed by atoms with E-state index in [-0.39, 0.29) is 35.3 Å². The SMILES string of the molecule is Cc1c(N2C(=O)NC3=C(C(=O)N[C@@H]4CCCNC4)SC4NCCC2C34)ccnc1-c1ccccc1. The van der Waals surface area contributed by atoms with Gasteiger partial charge in [0.1, 0.15) is 0 Å². The Bertz CT molecular complexity index is 1180. The largest absolute Gasteiger partial charge is 0.348 e. The van der Waals surface area contributed by atoms with Crippen molar-refractivity contribution < 1.29 is 9.59 Å². The van der Waals surface area contributed by atoms with Crippen LogP contribution in [0.3, 0.4) is 0 Å². The Morgan fingerprint density at radius 3 is 2.83 bits per heavy atom. The normalized spacial score (nSPS) is 27.9. The standard InChI is InChI=1S/C26H30N6O2S/c1-15-18(9-12-28-21(15)16-6-3-2-4-7-16)32-19-10-13-29-25-20(19)22(31-26(32)34)23(35-25)24(33)30-17-8-5-11-27-14-17/h2-4,6-7,9,12,17,19-20,25,27,29H,5,8,10-11,13-14H2,1H3,(H,30,33)(H,31,34)/t17-,19?,20?,25?/m1/s1. The average Bonchev–Trinajstić information content (AvgIpc) is 3.25. The second kappa shape index (κ2) is 9.29. The summed E-state index contributed by atoms with van der Waals surface area (Å²) in [5.74, 6) is -0.0433. The zero-order chi connectivity index (χ0) is 23.9. The second-order valence-corrected chi connectivity index (χ2v) is 10.8. The number of hydrogen-bond donors (Lipinski definition) is 4. The number of nitrogens with zero attached hydrogens (tertiary/aromatic N) is 2. The van der Waals surface area contributed by atoms with E-state index in [1.54, 1.807) is 18.0 Å². The highest BCUT2D eigenvalue weighted by Gasteiger charge is 2.52. The van der Waals surface area contributed by atoms with Gasteiger partial charge in [-0.1, -0.05) is 42.1 Å². The minimum atomic E-state index is -0.178. The zero-order valence-electron chi connectivity index (χ0n) is 19.7. The number of aromatic nitrogens is 1. The van der Waals surface area contributed by atoms with Crippen LogP contribution in [0.25, 0.3) is 11.3 Å². The fourth-order valence-corrected chi connectivity index (χ4v) is 7.20. The molecule has 8 nitrogen and oxygen atoms in total. The van der Waals surface area contributed by atoms with Crippen molar-refractivity contribution >= 4 is 29.4 Å². The third-order valence-electron chi connectivity index (χ3n) is 7.46. The van der Waals surface area contributed by atoms with Crippen LogP contribution >= 0.6 is 11.8 Å². The van der Waals surface area contributed by atoms with Crippen LogP contribution in [0, 0.1) is 12.8 Å². The topological polar surface area (TPSA) is 98.4 Å². The van der Waals surface area contributed by atoms with Crippen LogP contribution in [-0.4, -0.2) is 54.0 Å². The lowest BCUT2D eigenvalue weighted by Crippen LogP contribution is -2.62. The van der Waals surface area contributed by atoms with Crippen molar-refractivity contribution in [3.05, 3.63) is 58.8 Å². The molecule has 6 rings (SSSR count). The monoisotopic (exact) mass is 490 g/mol. The molecule has 4 aliphatic rings. The molecule has 0 bridgehead atoms. The van der Waals surface area contributed by atoms with E-state index in [9.17, 15) is 9.59 Å². The zero-order valence-corrected chi connectivity index (χ0v) is 20.5. The Balaban J connectivity index is 1.33. The minimum Gasteiger partial charge on any atom is -0.348 e. The molecule has 4 aliphatic heterocycles. The molecule has 1 aromatic carbocycles. The summed E-state index contributed by atoms with van der Waals surface area (Å²) in [5.41, 5.74) is 4.53. The van der Waals surface area contributed by atoms with Gasteiger partial charge in [0.2, 0.25) is 0 Å². The fraction of sp³-hybridized carbons (Fsp3) is 0.423. The Hall–Kier alpha value is -2.88. The molecule has 1 aromatic heterocycles. The summed E-state index contributed by atoms with van der Waals surface area (Å²) < 4.78 is 0. The molecular formula is C26H30N6O2S. The van der Waals surface area contributed by atoms with Crippen LogP contribution in [0.1, 0.15) is 24.8 Å². The maximum Gasteiger partial charge on any atom is 0.326 e. The van der Waals surface area contributed by atoms with Gasteiger partial charge >= 0.3 is 6.03 Å². The van der Waals surface area contributed by atoms with Gasteiger partial charge in [0.15, 0.2) is 0 Å². The van der Waals surface area contributed by atoms with E-state index in [4.69, 9.17) is 0 Å². The smallest absolute Gasteiger partial charge is 0.326 e. The first-order valence-corrected chi connectivity index (χ1v) is 13.3. The van der Waals surface area contributed by atoms with E-state index in [0.717, 1.165) is 67.1 Å². The number of pyridine rings is 1. The number of carbonyl (C=O) groups is 2. The van der Waals surface area contributed by atoms with E-state index in [1.165, 1.54) is 0 Å². The summed E-state index contributed by atoms with van der Waals surface area (Å²) in [5, 5.41) is 13.3. The maximum absolute atomic E-state index is 13.6. The molecular weight excluding hydrogens is 460 g/mol. The number of benzene rings is 1. The number of urea groups is 1. The number of nitrogens with one attached hydrogen (secondary N) is 4. The molecule has 182 valence electrons. The highest BCUT2D eigenvalue weighted by molar-refractivity contribution is 8.04. The van der Waals surface area contributed by atoms with Crippen molar-refractivity contribution in [3.63, 3.8) is 0 Å². The molecule has 0 aliphatic carbocycles. The third kappa shape index (κ3) is 4.01. The Labute approximate surface area is 209 Å². The summed E-state index contributed by atoms with van der Waals surface area (Å²) in [6, 6.07) is 11.9. The summed E-state index contributed by atoms with van der Waals surface area (Å²) in [4.78, 5) is 34.0. The van der Waals surface area contributed by atoms with E-state index in [0.29, 0.717) is 4.91 Å². The number of thioether (sulfide) groups is 1. The molecule has 0 saturated carbocycles. The lowest BCUT2D eigenvalue weighted by Gasteiger charge is -2.46. The average molecular weight is 491 g/mol. The molecule has 0 radical (unpaired) electrons. The molecule has 3 saturated heterocycles. The number of piperidine rings is 2. The van der Waals surface area contributed by atoms with Crippen molar-refractivity contribution in [2.75, 3.05) is 24.5 Å². The van der Waals surface area contributed by atoms with Gasteiger partial charge in [0.25, 0.3) is 5.91 Å². The van der Waals surface area contributed by atoms with Crippen molar-refractivity contribution in [2.24, 2.45) is 5.92 Å². The van der Waals surface area contributed by atoms with Gasteiger partial charge in [-0.15, -0.1) is 0 Å². The fourth-order valence-electron chi connectivity index (χ4n) is 5.80. The van der Waals surface area contributed by atoms with Crippen LogP contribution in [0.5, 0.6) is 0 Å². The van der Waals surface area contributed by atoms with E-state index in [2.05, 4.69) is 26.3 Å². The third-order valence-corrected chi connectivity index (χ3v) is 8.82. The van der Waals surface area contributed by atoms with Crippen molar-refractivity contribution in [3.8, 4) is 11.3 Å². The molecule has 3 amide bonds. The van der Waals surface area contributed by atoms with Crippen molar-refractivity contribution in [1.29, 1.82) is 0 Å². The number of hydrogen-bond acceptors (Lipinski definition) is 6. The molecule has 3 unspecified atom stereocenters. The number of anilines is 1. The number of carbonyl (C=O) groups excluding carboxylic acids is 2. The Morgan fingerprint density at radius 1 is 1.17 bits per heavy atom. The van der Waals surface area contributed by atoms with E-state index < -0.39 is 0 Å². The highest BCUT2D eigenvalue weighted by Crippen LogP contribution is 2.48.